The fourth-order valence-corrected chi connectivity index (χ4v) is 8.79. The van der Waals surface area contributed by atoms with Crippen LogP contribution in [0.15, 0.2) is 115 Å². The van der Waals surface area contributed by atoms with E-state index in [9.17, 15) is 0 Å². The first-order valence-electron chi connectivity index (χ1n) is 20.8. The van der Waals surface area contributed by atoms with Gasteiger partial charge in [0, 0.05) is 35.1 Å². The molecule has 298 valence electrons. The molecule has 58 heavy (non-hydrogen) atoms. The standard InChI is InChI=1S/C53H60N4O/c1-34-21-24-44(35(2)27-34)56-33-55(47-29-37(51(6,7)8)28-43(49(47)56)52(9,10)11)38-17-16-18-39(31-38)58-40-22-23-42-46(32-40)57(45-20-15-14-19-41(45)53(42,12)13)48-30-36(25-26-54-48)50(3,4)5/h14-32H,33H2,1-13H3. The summed E-state index contributed by atoms with van der Waals surface area (Å²) in [6, 6.07) is 39.9. The van der Waals surface area contributed by atoms with E-state index in [1.165, 1.54) is 56.0 Å². The van der Waals surface area contributed by atoms with E-state index in [0.717, 1.165) is 34.4 Å². The molecule has 0 unspecified atom stereocenters. The molecule has 2 aliphatic heterocycles. The molecule has 0 bridgehead atoms. The summed E-state index contributed by atoms with van der Waals surface area (Å²) in [5.74, 6) is 2.48. The highest BCUT2D eigenvalue weighted by molar-refractivity contribution is 5.91. The average Bonchev–Trinajstić information content (AvgIpc) is 3.53. The molecule has 0 amide bonds. The quantitative estimate of drug-likeness (QED) is 0.174. The molecule has 2 aliphatic rings. The summed E-state index contributed by atoms with van der Waals surface area (Å²) in [4.78, 5) is 12.3. The van der Waals surface area contributed by atoms with Crippen LogP contribution in [0.4, 0.5) is 39.9 Å². The van der Waals surface area contributed by atoms with Gasteiger partial charge < -0.3 is 14.5 Å². The van der Waals surface area contributed by atoms with Crippen molar-refractivity contribution >= 4 is 39.9 Å². The van der Waals surface area contributed by atoms with Crippen LogP contribution in [0.1, 0.15) is 115 Å². The number of pyridine rings is 1. The van der Waals surface area contributed by atoms with Gasteiger partial charge in [0.15, 0.2) is 0 Å². The maximum Gasteiger partial charge on any atom is 0.137 e. The molecule has 0 saturated heterocycles. The number of rotatable bonds is 5. The van der Waals surface area contributed by atoms with Gasteiger partial charge in [-0.15, -0.1) is 0 Å². The van der Waals surface area contributed by atoms with Crippen LogP contribution in [0.5, 0.6) is 11.5 Å². The van der Waals surface area contributed by atoms with Gasteiger partial charge in [-0.25, -0.2) is 4.98 Å². The highest BCUT2D eigenvalue weighted by atomic mass is 16.5. The third-order valence-corrected chi connectivity index (χ3v) is 12.2. The van der Waals surface area contributed by atoms with E-state index in [4.69, 9.17) is 9.72 Å². The van der Waals surface area contributed by atoms with E-state index >= 15 is 0 Å². The van der Waals surface area contributed by atoms with Crippen molar-refractivity contribution in [1.29, 1.82) is 0 Å². The molecule has 5 nitrogen and oxygen atoms in total. The van der Waals surface area contributed by atoms with Crippen molar-refractivity contribution in [2.75, 3.05) is 21.4 Å². The Morgan fingerprint density at radius 1 is 0.569 bits per heavy atom. The summed E-state index contributed by atoms with van der Waals surface area (Å²) >= 11 is 0. The van der Waals surface area contributed by atoms with Crippen molar-refractivity contribution in [3.05, 3.63) is 154 Å². The molecule has 0 saturated carbocycles. The van der Waals surface area contributed by atoms with Crippen LogP contribution in [-0.2, 0) is 21.7 Å². The van der Waals surface area contributed by atoms with Gasteiger partial charge in [0.1, 0.15) is 24.0 Å². The Labute approximate surface area is 347 Å². The number of hydrogen-bond donors (Lipinski definition) is 0. The van der Waals surface area contributed by atoms with Crippen LogP contribution < -0.4 is 19.4 Å². The number of aryl methyl sites for hydroxylation is 2. The Balaban J connectivity index is 1.22. The summed E-state index contributed by atoms with van der Waals surface area (Å²) in [6.45, 7) is 30.4. The largest absolute Gasteiger partial charge is 0.457 e. The number of ether oxygens (including phenoxy) is 1. The predicted molar refractivity (Wildman–Crippen MR) is 245 cm³/mol. The van der Waals surface area contributed by atoms with Crippen LogP contribution in [0.25, 0.3) is 0 Å². The van der Waals surface area contributed by atoms with Crippen LogP contribution in [0.3, 0.4) is 0 Å². The highest BCUT2D eigenvalue weighted by Gasteiger charge is 2.39. The van der Waals surface area contributed by atoms with Crippen LogP contribution in [0.2, 0.25) is 0 Å². The molecule has 0 aliphatic carbocycles. The fraction of sp³-hybridized carbons (Fsp3) is 0.340. The van der Waals surface area contributed by atoms with E-state index < -0.39 is 0 Å². The molecule has 1 aromatic heterocycles. The van der Waals surface area contributed by atoms with Gasteiger partial charge in [-0.1, -0.05) is 130 Å². The summed E-state index contributed by atoms with van der Waals surface area (Å²) in [5.41, 5.74) is 15.7. The highest BCUT2D eigenvalue weighted by Crippen LogP contribution is 2.54. The number of aromatic nitrogens is 1. The first-order chi connectivity index (χ1) is 27.2. The van der Waals surface area contributed by atoms with Crippen molar-refractivity contribution in [2.45, 2.75) is 112 Å². The van der Waals surface area contributed by atoms with Gasteiger partial charge >= 0.3 is 0 Å². The Morgan fingerprint density at radius 3 is 1.98 bits per heavy atom. The molecule has 0 N–H and O–H groups in total. The monoisotopic (exact) mass is 768 g/mol. The third-order valence-electron chi connectivity index (χ3n) is 12.2. The summed E-state index contributed by atoms with van der Waals surface area (Å²) in [6.07, 6.45) is 1.94. The number of fused-ring (bicyclic) bond motifs is 3. The molecule has 0 atom stereocenters. The third kappa shape index (κ3) is 6.93. The van der Waals surface area contributed by atoms with Crippen molar-refractivity contribution in [3.8, 4) is 11.5 Å². The Hall–Kier alpha value is -5.55. The molecule has 5 heteroatoms. The molecular formula is C53H60N4O. The molecular weight excluding hydrogens is 709 g/mol. The van der Waals surface area contributed by atoms with E-state index in [1.54, 1.807) is 0 Å². The fourth-order valence-electron chi connectivity index (χ4n) is 8.79. The topological polar surface area (TPSA) is 31.8 Å². The molecule has 0 spiro atoms. The molecule has 0 radical (unpaired) electrons. The number of nitrogens with zero attached hydrogens (tertiary/aromatic N) is 4. The normalized spacial score (nSPS) is 14.9. The summed E-state index contributed by atoms with van der Waals surface area (Å²) < 4.78 is 6.86. The lowest BCUT2D eigenvalue weighted by atomic mass is 9.73. The van der Waals surface area contributed by atoms with Gasteiger partial charge in [-0.3, -0.25) is 4.90 Å². The number of benzene rings is 5. The predicted octanol–water partition coefficient (Wildman–Crippen LogP) is 14.7. The van der Waals surface area contributed by atoms with E-state index in [2.05, 4.69) is 214 Å². The van der Waals surface area contributed by atoms with Crippen LogP contribution in [0, 0.1) is 13.8 Å². The lowest BCUT2D eigenvalue weighted by Crippen LogP contribution is -2.31. The number of para-hydroxylation sites is 1. The minimum atomic E-state index is -0.217. The van der Waals surface area contributed by atoms with Crippen LogP contribution >= 0.6 is 0 Å². The molecule has 6 aromatic rings. The minimum absolute atomic E-state index is 0.0143. The Bertz CT molecular complexity index is 2540. The molecule has 8 rings (SSSR count). The lowest BCUT2D eigenvalue weighted by Gasteiger charge is -2.41. The maximum absolute atomic E-state index is 6.86. The number of hydrogen-bond acceptors (Lipinski definition) is 5. The SMILES string of the molecule is Cc1ccc(N2CN(c3cccc(Oc4ccc5c(c4)N(c4cc(C(C)(C)C)ccn4)c4ccccc4C5(C)C)c3)c3cc(C(C)(C)C)cc(C(C)(C)C)c32)c(C)c1. The van der Waals surface area contributed by atoms with Gasteiger partial charge in [-0.2, -0.15) is 0 Å². The number of anilines is 7. The summed E-state index contributed by atoms with van der Waals surface area (Å²) in [5, 5.41) is 0. The van der Waals surface area contributed by atoms with Gasteiger partial charge in [0.25, 0.3) is 0 Å². The van der Waals surface area contributed by atoms with Gasteiger partial charge in [0.05, 0.1) is 22.7 Å². The van der Waals surface area contributed by atoms with Gasteiger partial charge in [-0.05, 0) is 112 Å². The average molecular weight is 769 g/mol. The second kappa shape index (κ2) is 13.8. The first kappa shape index (κ1) is 39.3. The first-order valence-corrected chi connectivity index (χ1v) is 20.8. The van der Waals surface area contributed by atoms with E-state index in [0.29, 0.717) is 6.67 Å². The zero-order chi connectivity index (χ0) is 41.5. The van der Waals surface area contributed by atoms with E-state index in [1.807, 2.05) is 6.20 Å². The molecule has 3 heterocycles. The van der Waals surface area contributed by atoms with Crippen molar-refractivity contribution in [3.63, 3.8) is 0 Å². The zero-order valence-corrected chi connectivity index (χ0v) is 36.9. The second-order valence-electron chi connectivity index (χ2n) is 20.1. The molecule has 0 fully saturated rings. The van der Waals surface area contributed by atoms with Crippen LogP contribution in [-0.4, -0.2) is 11.7 Å². The minimum Gasteiger partial charge on any atom is -0.457 e. The Kier molecular flexibility index (Phi) is 9.34. The van der Waals surface area contributed by atoms with E-state index in [-0.39, 0.29) is 21.7 Å². The smallest absolute Gasteiger partial charge is 0.137 e. The second-order valence-corrected chi connectivity index (χ2v) is 20.1. The lowest BCUT2D eigenvalue weighted by molar-refractivity contribution is 0.482. The van der Waals surface area contributed by atoms with Crippen molar-refractivity contribution in [2.24, 2.45) is 0 Å². The summed E-state index contributed by atoms with van der Waals surface area (Å²) in [7, 11) is 0. The van der Waals surface area contributed by atoms with Crippen molar-refractivity contribution < 1.29 is 4.74 Å². The van der Waals surface area contributed by atoms with Gasteiger partial charge in [0.2, 0.25) is 0 Å². The van der Waals surface area contributed by atoms with Crippen molar-refractivity contribution in [1.82, 2.24) is 4.98 Å². The maximum atomic E-state index is 6.86. The zero-order valence-electron chi connectivity index (χ0n) is 36.9. The Morgan fingerprint density at radius 2 is 1.28 bits per heavy atom. The molecule has 5 aromatic carbocycles.